The fraction of sp³-hybridized carbons (Fsp3) is 0.231. The Morgan fingerprint density at radius 1 is 1.03 bits per heavy atom. The minimum Gasteiger partial charge on any atom is -0.495 e. The Bertz CT molecular complexity index is 1350. The molecule has 3 heterocycles. The van der Waals surface area contributed by atoms with Crippen molar-refractivity contribution in [2.45, 2.75) is 19.8 Å². The van der Waals surface area contributed by atoms with Crippen molar-refractivity contribution < 1.29 is 4.74 Å². The summed E-state index contributed by atoms with van der Waals surface area (Å²) in [5.41, 5.74) is 7.88. The van der Waals surface area contributed by atoms with Crippen molar-refractivity contribution in [3.8, 4) is 34.2 Å². The largest absolute Gasteiger partial charge is 0.495 e. The van der Waals surface area contributed by atoms with Gasteiger partial charge in [-0.2, -0.15) is 5.26 Å². The van der Waals surface area contributed by atoms with Crippen LogP contribution in [-0.4, -0.2) is 29.6 Å². The lowest BCUT2D eigenvalue weighted by Crippen LogP contribution is -2.18. The molecule has 0 aliphatic carbocycles. The highest BCUT2D eigenvalue weighted by Crippen LogP contribution is 2.37. The number of pyridine rings is 1. The molecule has 0 saturated carbocycles. The van der Waals surface area contributed by atoms with Crippen molar-refractivity contribution in [2.24, 2.45) is 0 Å². The molecule has 0 spiro atoms. The monoisotopic (exact) mass is 442 g/mol. The van der Waals surface area contributed by atoms with Gasteiger partial charge in [0.05, 0.1) is 29.5 Å². The summed E-state index contributed by atoms with van der Waals surface area (Å²) in [7, 11) is 1.62. The van der Waals surface area contributed by atoms with E-state index in [4.69, 9.17) is 26.6 Å². The van der Waals surface area contributed by atoms with Crippen molar-refractivity contribution >= 4 is 22.9 Å². The number of ether oxygens (including phenoxy) is 1. The average molecular weight is 443 g/mol. The predicted octanol–water partition coefficient (Wildman–Crippen LogP) is 6.11. The van der Waals surface area contributed by atoms with Gasteiger partial charge >= 0.3 is 0 Å². The molecule has 160 valence electrons. The van der Waals surface area contributed by atoms with E-state index in [9.17, 15) is 0 Å². The second-order valence-corrected chi connectivity index (χ2v) is 8.56. The number of rotatable bonds is 4. The van der Waals surface area contributed by atoms with Crippen LogP contribution in [-0.2, 0) is 0 Å². The number of aromatic nitrogens is 2. The number of hydrogen-bond donors (Lipinski definition) is 0. The Balaban J connectivity index is 1.66. The summed E-state index contributed by atoms with van der Waals surface area (Å²) in [6.45, 7) is 4.12. The lowest BCUT2D eigenvalue weighted by molar-refractivity contribution is 0.415. The number of nitriles is 1. The van der Waals surface area contributed by atoms with E-state index in [1.54, 1.807) is 7.11 Å². The standard InChI is InChI=1S/C26H23ClN4O/c1-17-11-25(32-2)22(27)12-20(17)23-16-31-15-21(19-7-5-18(14-28)6-8-19)24(13-26(31)29-23)30-9-3-4-10-30/h5-8,11-13,15-16H,3-4,9-10H2,1-2H3. The van der Waals surface area contributed by atoms with Crippen molar-refractivity contribution in [3.05, 3.63) is 71.0 Å². The van der Waals surface area contributed by atoms with E-state index in [0.29, 0.717) is 16.3 Å². The molecule has 0 amide bonds. The van der Waals surface area contributed by atoms with Gasteiger partial charge in [-0.05, 0) is 55.2 Å². The number of anilines is 1. The molecule has 4 aromatic rings. The highest BCUT2D eigenvalue weighted by molar-refractivity contribution is 6.32. The van der Waals surface area contributed by atoms with Crippen LogP contribution < -0.4 is 9.64 Å². The lowest BCUT2D eigenvalue weighted by atomic mass is 10.0. The van der Waals surface area contributed by atoms with Crippen LogP contribution in [0.4, 0.5) is 5.69 Å². The van der Waals surface area contributed by atoms with Gasteiger partial charge in [-0.1, -0.05) is 23.7 Å². The van der Waals surface area contributed by atoms with Crippen molar-refractivity contribution in [3.63, 3.8) is 0 Å². The van der Waals surface area contributed by atoms with Crippen LogP contribution in [0.1, 0.15) is 24.0 Å². The van der Waals surface area contributed by atoms with Gasteiger partial charge in [-0.3, -0.25) is 0 Å². The molecule has 1 aliphatic rings. The van der Waals surface area contributed by atoms with Gasteiger partial charge in [0.15, 0.2) is 0 Å². The SMILES string of the molecule is COc1cc(C)c(-c2cn3cc(-c4ccc(C#N)cc4)c(N4CCCC4)cc3n2)cc1Cl. The number of imidazole rings is 1. The third kappa shape index (κ3) is 3.57. The first-order chi connectivity index (χ1) is 15.6. The van der Waals surface area contributed by atoms with Gasteiger partial charge in [-0.15, -0.1) is 0 Å². The zero-order valence-electron chi connectivity index (χ0n) is 18.1. The first-order valence-electron chi connectivity index (χ1n) is 10.7. The molecule has 0 unspecified atom stereocenters. The normalized spacial score (nSPS) is 13.5. The third-order valence-corrected chi connectivity index (χ3v) is 6.41. The maximum atomic E-state index is 9.17. The zero-order valence-corrected chi connectivity index (χ0v) is 18.9. The fourth-order valence-electron chi connectivity index (χ4n) is 4.41. The van der Waals surface area contributed by atoms with Crippen LogP contribution in [0.15, 0.2) is 54.9 Å². The molecule has 1 aliphatic heterocycles. The van der Waals surface area contributed by atoms with Crippen LogP contribution in [0.3, 0.4) is 0 Å². The Labute approximate surface area is 192 Å². The number of fused-ring (bicyclic) bond motifs is 1. The van der Waals surface area contributed by atoms with E-state index in [1.807, 2.05) is 49.5 Å². The van der Waals surface area contributed by atoms with Crippen LogP contribution in [0, 0.1) is 18.3 Å². The van der Waals surface area contributed by atoms with Gasteiger partial charge in [0.25, 0.3) is 0 Å². The molecule has 1 fully saturated rings. The zero-order chi connectivity index (χ0) is 22.2. The van der Waals surface area contributed by atoms with E-state index >= 15 is 0 Å². The number of benzene rings is 2. The molecule has 0 radical (unpaired) electrons. The summed E-state index contributed by atoms with van der Waals surface area (Å²) in [5.74, 6) is 0.663. The van der Waals surface area contributed by atoms with E-state index in [1.165, 1.54) is 18.5 Å². The smallest absolute Gasteiger partial charge is 0.139 e. The minimum absolute atomic E-state index is 0.571. The summed E-state index contributed by atoms with van der Waals surface area (Å²) in [5, 5.41) is 9.74. The summed E-state index contributed by atoms with van der Waals surface area (Å²) in [6, 6.07) is 16.0. The molecule has 0 atom stereocenters. The minimum atomic E-state index is 0.571. The summed E-state index contributed by atoms with van der Waals surface area (Å²) < 4.78 is 7.42. The first-order valence-corrected chi connectivity index (χ1v) is 11.1. The second kappa shape index (κ2) is 8.22. The second-order valence-electron chi connectivity index (χ2n) is 8.15. The van der Waals surface area contributed by atoms with Crippen LogP contribution >= 0.6 is 11.6 Å². The van der Waals surface area contributed by atoms with Crippen molar-refractivity contribution in [1.82, 2.24) is 9.38 Å². The highest BCUT2D eigenvalue weighted by Gasteiger charge is 2.19. The molecule has 0 bridgehead atoms. The van der Waals surface area contributed by atoms with Crippen molar-refractivity contribution in [1.29, 1.82) is 5.26 Å². The molecule has 5 rings (SSSR count). The molecule has 2 aromatic carbocycles. The Hall–Kier alpha value is -3.49. The molecule has 5 nitrogen and oxygen atoms in total. The van der Waals surface area contributed by atoms with Crippen LogP contribution in [0.2, 0.25) is 5.02 Å². The number of halogens is 1. The first kappa shape index (κ1) is 20.4. The Kier molecular flexibility index (Phi) is 5.24. The number of hydrogen-bond acceptors (Lipinski definition) is 4. The molecule has 0 N–H and O–H groups in total. The van der Waals surface area contributed by atoms with Crippen LogP contribution in [0.5, 0.6) is 5.75 Å². The van der Waals surface area contributed by atoms with Gasteiger partial charge in [0, 0.05) is 48.4 Å². The molecular weight excluding hydrogens is 420 g/mol. The lowest BCUT2D eigenvalue weighted by Gasteiger charge is -2.22. The molecule has 6 heteroatoms. The third-order valence-electron chi connectivity index (χ3n) is 6.12. The number of nitrogens with zero attached hydrogens (tertiary/aromatic N) is 4. The molecule has 2 aromatic heterocycles. The summed E-state index contributed by atoms with van der Waals surface area (Å²) >= 11 is 6.40. The Morgan fingerprint density at radius 2 is 1.78 bits per heavy atom. The highest BCUT2D eigenvalue weighted by atomic mass is 35.5. The van der Waals surface area contributed by atoms with E-state index < -0.39 is 0 Å². The van der Waals surface area contributed by atoms with Crippen molar-refractivity contribution in [2.75, 3.05) is 25.1 Å². The Morgan fingerprint density at radius 3 is 2.47 bits per heavy atom. The van der Waals surface area contributed by atoms with Gasteiger partial charge in [0.2, 0.25) is 0 Å². The van der Waals surface area contributed by atoms with E-state index in [2.05, 4.69) is 27.6 Å². The van der Waals surface area contributed by atoms with Gasteiger partial charge < -0.3 is 14.0 Å². The average Bonchev–Trinajstić information content (AvgIpc) is 3.49. The quantitative estimate of drug-likeness (QED) is 0.382. The molecular formula is C26H23ClN4O. The summed E-state index contributed by atoms with van der Waals surface area (Å²) in [4.78, 5) is 7.36. The summed E-state index contributed by atoms with van der Waals surface area (Å²) in [6.07, 6.45) is 6.57. The maximum absolute atomic E-state index is 9.17. The molecule has 1 saturated heterocycles. The van der Waals surface area contributed by atoms with Gasteiger partial charge in [0.1, 0.15) is 11.4 Å². The maximum Gasteiger partial charge on any atom is 0.139 e. The number of methoxy groups -OCH3 is 1. The van der Waals surface area contributed by atoms with E-state index in [-0.39, 0.29) is 0 Å². The van der Waals surface area contributed by atoms with Crippen LogP contribution in [0.25, 0.3) is 28.0 Å². The fourth-order valence-corrected chi connectivity index (χ4v) is 4.65. The number of aryl methyl sites for hydroxylation is 1. The van der Waals surface area contributed by atoms with Gasteiger partial charge in [-0.25, -0.2) is 4.98 Å². The topological polar surface area (TPSA) is 53.6 Å². The molecule has 32 heavy (non-hydrogen) atoms. The van der Waals surface area contributed by atoms with E-state index in [0.717, 1.165) is 46.7 Å². The predicted molar refractivity (Wildman–Crippen MR) is 129 cm³/mol.